The Balaban J connectivity index is 1.59. The number of hydrazone groups is 1. The minimum absolute atomic E-state index is 0.0258. The summed E-state index contributed by atoms with van der Waals surface area (Å²) in [4.78, 5) is 1.24. The normalized spacial score (nSPS) is 21.3. The zero-order valence-electron chi connectivity index (χ0n) is 13.4. The summed E-state index contributed by atoms with van der Waals surface area (Å²) in [6.07, 6.45) is 0.851. The van der Waals surface area contributed by atoms with Crippen LogP contribution in [-0.2, 0) is 0 Å². The fourth-order valence-corrected chi connectivity index (χ4v) is 4.38. The number of thiophene rings is 1. The molecule has 2 aliphatic heterocycles. The summed E-state index contributed by atoms with van der Waals surface area (Å²) >= 11 is 1.73. The monoisotopic (exact) mass is 349 g/mol. The Morgan fingerprint density at radius 2 is 1.88 bits per heavy atom. The van der Waals surface area contributed by atoms with Gasteiger partial charge in [0.2, 0.25) is 0 Å². The third kappa shape index (κ3) is 2.43. The minimum Gasteiger partial charge on any atom is -0.359 e. The average molecular weight is 349 g/mol. The van der Waals surface area contributed by atoms with Crippen molar-refractivity contribution in [2.24, 2.45) is 5.10 Å². The molecule has 5 heteroatoms. The van der Waals surface area contributed by atoms with Crippen LogP contribution >= 0.6 is 11.3 Å². The first-order valence-electron chi connectivity index (χ1n) is 8.30. The molecule has 5 rings (SSSR count). The quantitative estimate of drug-likeness (QED) is 0.692. The Bertz CT molecular complexity index is 934. The summed E-state index contributed by atoms with van der Waals surface area (Å²) in [5.41, 5.74) is 4.41. The molecule has 2 aliphatic rings. The van der Waals surface area contributed by atoms with Gasteiger partial charge in [0.1, 0.15) is 5.82 Å². The summed E-state index contributed by atoms with van der Waals surface area (Å²) in [7, 11) is 0. The fraction of sp³-hybridized carbons (Fsp3) is 0.150. The van der Waals surface area contributed by atoms with Gasteiger partial charge in [-0.2, -0.15) is 5.10 Å². The van der Waals surface area contributed by atoms with E-state index in [0.717, 1.165) is 23.4 Å². The second kappa shape index (κ2) is 5.70. The topological polar surface area (TPSA) is 27.6 Å². The summed E-state index contributed by atoms with van der Waals surface area (Å²) in [5, 5.41) is 12.8. The smallest absolute Gasteiger partial charge is 0.152 e. The predicted octanol–water partition coefficient (Wildman–Crippen LogP) is 5.16. The Morgan fingerprint density at radius 1 is 1.04 bits per heavy atom. The molecule has 0 radical (unpaired) electrons. The van der Waals surface area contributed by atoms with Crippen molar-refractivity contribution in [2.75, 3.05) is 5.32 Å². The summed E-state index contributed by atoms with van der Waals surface area (Å²) in [5.74, 6) is -0.219. The lowest BCUT2D eigenvalue weighted by Crippen LogP contribution is -2.34. The van der Waals surface area contributed by atoms with Gasteiger partial charge in [-0.3, -0.25) is 5.01 Å². The van der Waals surface area contributed by atoms with Crippen molar-refractivity contribution in [3.63, 3.8) is 0 Å². The number of benzene rings is 2. The van der Waals surface area contributed by atoms with Crippen molar-refractivity contribution < 1.29 is 4.39 Å². The van der Waals surface area contributed by atoms with Crippen LogP contribution in [0.25, 0.3) is 0 Å². The summed E-state index contributed by atoms with van der Waals surface area (Å²) in [6, 6.07) is 19.4. The van der Waals surface area contributed by atoms with Gasteiger partial charge in [0.25, 0.3) is 0 Å². The molecule has 0 fully saturated rings. The van der Waals surface area contributed by atoms with E-state index >= 15 is 0 Å². The Labute approximate surface area is 149 Å². The average Bonchev–Trinajstić information content (AvgIpc) is 3.32. The van der Waals surface area contributed by atoms with Gasteiger partial charge in [0.15, 0.2) is 6.17 Å². The first-order valence-corrected chi connectivity index (χ1v) is 9.18. The van der Waals surface area contributed by atoms with Crippen molar-refractivity contribution >= 4 is 22.7 Å². The molecule has 124 valence electrons. The highest BCUT2D eigenvalue weighted by molar-refractivity contribution is 7.10. The first kappa shape index (κ1) is 14.7. The molecule has 0 spiro atoms. The van der Waals surface area contributed by atoms with E-state index in [1.54, 1.807) is 11.3 Å². The van der Waals surface area contributed by atoms with E-state index < -0.39 is 0 Å². The van der Waals surface area contributed by atoms with Crippen LogP contribution in [0.15, 0.2) is 71.1 Å². The van der Waals surface area contributed by atoms with Gasteiger partial charge in [-0.05, 0) is 40.8 Å². The van der Waals surface area contributed by atoms with Gasteiger partial charge in [0, 0.05) is 17.0 Å². The molecule has 1 N–H and O–H groups in total. The van der Waals surface area contributed by atoms with E-state index in [2.05, 4.69) is 52.1 Å². The molecule has 0 aliphatic carbocycles. The Hall–Kier alpha value is -2.66. The van der Waals surface area contributed by atoms with Gasteiger partial charge >= 0.3 is 0 Å². The molecule has 2 aromatic carbocycles. The molecule has 0 saturated carbocycles. The molecular weight excluding hydrogens is 333 g/mol. The molecule has 0 amide bonds. The molecule has 25 heavy (non-hydrogen) atoms. The molecule has 0 bridgehead atoms. The van der Waals surface area contributed by atoms with Crippen molar-refractivity contribution in [1.29, 1.82) is 0 Å². The zero-order chi connectivity index (χ0) is 16.8. The van der Waals surface area contributed by atoms with Crippen LogP contribution in [-0.4, -0.2) is 10.7 Å². The number of rotatable bonds is 2. The van der Waals surface area contributed by atoms with Crippen LogP contribution in [0.3, 0.4) is 0 Å². The van der Waals surface area contributed by atoms with Crippen LogP contribution in [0.1, 0.15) is 34.6 Å². The first-order chi connectivity index (χ1) is 12.3. The maximum atomic E-state index is 13.3. The molecule has 3 aromatic rings. The van der Waals surface area contributed by atoms with Crippen LogP contribution in [0, 0.1) is 5.82 Å². The highest BCUT2D eigenvalue weighted by Gasteiger charge is 2.39. The zero-order valence-corrected chi connectivity index (χ0v) is 14.2. The van der Waals surface area contributed by atoms with Gasteiger partial charge in [-0.1, -0.05) is 36.4 Å². The standard InChI is InChI=1S/C20H16FN3S/c21-14-9-7-13(8-10-14)17-12-18-15-4-1-2-5-16(15)22-20(24(18)23-17)19-6-3-11-25-19/h1-11,18,20,22H,12H2/t18-,20-/m1/s1. The van der Waals surface area contributed by atoms with Crippen LogP contribution in [0.4, 0.5) is 10.1 Å². The Kier molecular flexibility index (Phi) is 3.35. The van der Waals surface area contributed by atoms with Gasteiger partial charge < -0.3 is 5.32 Å². The fourth-order valence-electron chi connectivity index (χ4n) is 3.62. The van der Waals surface area contributed by atoms with Crippen molar-refractivity contribution in [3.8, 4) is 0 Å². The summed E-state index contributed by atoms with van der Waals surface area (Å²) < 4.78 is 13.3. The highest BCUT2D eigenvalue weighted by Crippen LogP contribution is 2.46. The molecular formula is C20H16FN3S. The minimum atomic E-state index is -0.219. The largest absolute Gasteiger partial charge is 0.359 e. The highest BCUT2D eigenvalue weighted by atomic mass is 32.1. The van der Waals surface area contributed by atoms with E-state index in [1.807, 2.05) is 12.1 Å². The van der Waals surface area contributed by atoms with Gasteiger partial charge in [0.05, 0.1) is 11.8 Å². The van der Waals surface area contributed by atoms with Crippen LogP contribution in [0.5, 0.6) is 0 Å². The van der Waals surface area contributed by atoms with Crippen LogP contribution in [0.2, 0.25) is 0 Å². The third-order valence-electron chi connectivity index (χ3n) is 4.81. The third-order valence-corrected chi connectivity index (χ3v) is 5.73. The van der Waals surface area contributed by atoms with Gasteiger partial charge in [-0.25, -0.2) is 4.39 Å². The Morgan fingerprint density at radius 3 is 2.68 bits per heavy atom. The number of para-hydroxylation sites is 1. The number of nitrogens with zero attached hydrogens (tertiary/aromatic N) is 2. The van der Waals surface area contributed by atoms with Crippen molar-refractivity contribution in [3.05, 3.63) is 87.9 Å². The molecule has 1 aromatic heterocycles. The number of fused-ring (bicyclic) bond motifs is 3. The van der Waals surface area contributed by atoms with Crippen molar-refractivity contribution in [2.45, 2.75) is 18.6 Å². The van der Waals surface area contributed by atoms with E-state index in [-0.39, 0.29) is 18.0 Å². The maximum absolute atomic E-state index is 13.3. The molecule has 2 atom stereocenters. The lowest BCUT2D eigenvalue weighted by atomic mass is 9.95. The molecule has 3 nitrogen and oxygen atoms in total. The van der Waals surface area contributed by atoms with Crippen LogP contribution < -0.4 is 5.32 Å². The maximum Gasteiger partial charge on any atom is 0.152 e. The number of hydrogen-bond donors (Lipinski definition) is 1. The van der Waals surface area contributed by atoms with E-state index in [9.17, 15) is 4.39 Å². The lowest BCUT2D eigenvalue weighted by Gasteiger charge is -2.38. The number of hydrogen-bond acceptors (Lipinski definition) is 4. The number of nitrogens with one attached hydrogen (secondary N) is 1. The van der Waals surface area contributed by atoms with E-state index in [1.165, 1.54) is 22.6 Å². The van der Waals surface area contributed by atoms with Gasteiger partial charge in [-0.15, -0.1) is 11.3 Å². The molecule has 0 saturated heterocycles. The SMILES string of the molecule is Fc1ccc(C2=NN3[C@H](C2)c2ccccc2N[C@H]3c2cccs2)cc1. The second-order valence-corrected chi connectivity index (χ2v) is 7.28. The second-order valence-electron chi connectivity index (χ2n) is 6.30. The van der Waals surface area contributed by atoms with E-state index in [4.69, 9.17) is 5.10 Å². The lowest BCUT2D eigenvalue weighted by molar-refractivity contribution is 0.171. The van der Waals surface area contributed by atoms with E-state index in [0.29, 0.717) is 0 Å². The summed E-state index contributed by atoms with van der Waals surface area (Å²) in [6.45, 7) is 0. The predicted molar refractivity (Wildman–Crippen MR) is 99.3 cm³/mol. The molecule has 3 heterocycles. The molecule has 0 unspecified atom stereocenters. The number of halogens is 1. The number of anilines is 1. The van der Waals surface area contributed by atoms with Crippen molar-refractivity contribution in [1.82, 2.24) is 5.01 Å².